The topological polar surface area (TPSA) is 81.3 Å². The summed E-state index contributed by atoms with van der Waals surface area (Å²) in [6, 6.07) is 11.5. The lowest BCUT2D eigenvalue weighted by Crippen LogP contribution is -2.23. The number of carbonyl (C=O) groups is 1. The van der Waals surface area contributed by atoms with Crippen LogP contribution < -0.4 is 10.9 Å². The minimum absolute atomic E-state index is 0.0544. The standard InChI is InChI=1S/C21H18F3N5O2S/c1-2-10-28-18(31)15-8-3-4-9-16(15)29-19(28)26-27-20(29)32-12-17(30)25-14-7-5-6-13(11-14)21(22,23)24/h3-9,11H,2,10,12H2,1H3,(H,25,30). The second kappa shape index (κ2) is 8.65. The SMILES string of the molecule is CCCn1c(=O)c2ccccc2n2c(SCC(=O)Nc3cccc(C(F)(F)F)c3)nnc12. The zero-order chi connectivity index (χ0) is 22.9. The van der Waals surface area contributed by atoms with E-state index >= 15 is 0 Å². The molecule has 4 rings (SSSR count). The number of aromatic nitrogens is 4. The van der Waals surface area contributed by atoms with Crippen molar-refractivity contribution in [3.63, 3.8) is 0 Å². The summed E-state index contributed by atoms with van der Waals surface area (Å²) >= 11 is 1.08. The lowest BCUT2D eigenvalue weighted by molar-refractivity contribution is -0.137. The number of carbonyl (C=O) groups excluding carboxylic acids is 1. The number of hydrogen-bond acceptors (Lipinski definition) is 5. The molecule has 166 valence electrons. The van der Waals surface area contributed by atoms with Crippen molar-refractivity contribution in [2.75, 3.05) is 11.1 Å². The summed E-state index contributed by atoms with van der Waals surface area (Å²) in [6.45, 7) is 2.41. The number of thioether (sulfide) groups is 1. The van der Waals surface area contributed by atoms with Gasteiger partial charge in [-0.3, -0.25) is 18.6 Å². The van der Waals surface area contributed by atoms with Crippen molar-refractivity contribution < 1.29 is 18.0 Å². The van der Waals surface area contributed by atoms with Crippen LogP contribution in [0, 0.1) is 0 Å². The molecule has 0 fully saturated rings. The van der Waals surface area contributed by atoms with Crippen molar-refractivity contribution in [1.82, 2.24) is 19.2 Å². The van der Waals surface area contributed by atoms with E-state index in [1.807, 2.05) is 6.92 Å². The van der Waals surface area contributed by atoms with Crippen LogP contribution in [0.15, 0.2) is 58.5 Å². The number of benzene rings is 2. The minimum atomic E-state index is -4.49. The van der Waals surface area contributed by atoms with Gasteiger partial charge in [-0.05, 0) is 36.8 Å². The van der Waals surface area contributed by atoms with Gasteiger partial charge >= 0.3 is 6.18 Å². The number of anilines is 1. The summed E-state index contributed by atoms with van der Waals surface area (Å²) in [5.41, 5.74) is -0.336. The lowest BCUT2D eigenvalue weighted by atomic mass is 10.2. The molecule has 7 nitrogen and oxygen atoms in total. The fourth-order valence-corrected chi connectivity index (χ4v) is 4.09. The molecule has 0 atom stereocenters. The molecule has 0 aliphatic carbocycles. The molecule has 0 spiro atoms. The highest BCUT2D eigenvalue weighted by atomic mass is 32.2. The number of nitrogens with one attached hydrogen (secondary N) is 1. The molecular formula is C21H18F3N5O2S. The summed E-state index contributed by atoms with van der Waals surface area (Å²) in [7, 11) is 0. The lowest BCUT2D eigenvalue weighted by Gasteiger charge is -2.11. The van der Waals surface area contributed by atoms with Crippen molar-refractivity contribution in [1.29, 1.82) is 0 Å². The Morgan fingerprint density at radius 1 is 1.12 bits per heavy atom. The number of amides is 1. The van der Waals surface area contributed by atoms with Crippen LogP contribution in [-0.4, -0.2) is 30.8 Å². The Labute approximate surface area is 184 Å². The van der Waals surface area contributed by atoms with E-state index in [4.69, 9.17) is 0 Å². The maximum Gasteiger partial charge on any atom is 0.416 e. The van der Waals surface area contributed by atoms with Gasteiger partial charge in [-0.25, -0.2) is 0 Å². The maximum atomic E-state index is 12.9. The largest absolute Gasteiger partial charge is 0.416 e. The number of aryl methyl sites for hydroxylation is 1. The van der Waals surface area contributed by atoms with Crippen LogP contribution in [0.25, 0.3) is 16.7 Å². The van der Waals surface area contributed by atoms with Gasteiger partial charge in [-0.2, -0.15) is 13.2 Å². The fourth-order valence-electron chi connectivity index (χ4n) is 3.35. The van der Waals surface area contributed by atoms with E-state index in [9.17, 15) is 22.8 Å². The first-order chi connectivity index (χ1) is 15.3. The molecule has 0 saturated carbocycles. The number of nitrogens with zero attached hydrogens (tertiary/aromatic N) is 4. The highest BCUT2D eigenvalue weighted by Gasteiger charge is 2.30. The number of alkyl halides is 3. The molecule has 0 radical (unpaired) electrons. The van der Waals surface area contributed by atoms with Crippen LogP contribution in [-0.2, 0) is 17.5 Å². The fraction of sp³-hybridized carbons (Fsp3) is 0.238. The Bertz CT molecular complexity index is 1360. The van der Waals surface area contributed by atoms with E-state index in [1.165, 1.54) is 12.1 Å². The molecular weight excluding hydrogens is 443 g/mol. The van der Waals surface area contributed by atoms with E-state index in [1.54, 1.807) is 33.2 Å². The molecule has 2 aromatic carbocycles. The van der Waals surface area contributed by atoms with Gasteiger partial charge in [0.25, 0.3) is 5.56 Å². The van der Waals surface area contributed by atoms with Gasteiger partial charge in [-0.15, -0.1) is 10.2 Å². The molecule has 1 N–H and O–H groups in total. The van der Waals surface area contributed by atoms with E-state index in [0.717, 1.165) is 30.3 Å². The Morgan fingerprint density at radius 3 is 2.66 bits per heavy atom. The van der Waals surface area contributed by atoms with Gasteiger partial charge in [0.15, 0.2) is 5.16 Å². The second-order valence-corrected chi connectivity index (χ2v) is 7.95. The predicted molar refractivity (Wildman–Crippen MR) is 116 cm³/mol. The van der Waals surface area contributed by atoms with Crippen molar-refractivity contribution in [2.45, 2.75) is 31.2 Å². The Hall–Kier alpha value is -3.34. The first-order valence-electron chi connectivity index (χ1n) is 9.76. The number of rotatable bonds is 6. The molecule has 2 aromatic heterocycles. The van der Waals surface area contributed by atoms with Gasteiger partial charge in [-0.1, -0.05) is 36.9 Å². The first-order valence-corrected chi connectivity index (χ1v) is 10.7. The normalized spacial score (nSPS) is 11.9. The highest BCUT2D eigenvalue weighted by Crippen LogP contribution is 2.30. The van der Waals surface area contributed by atoms with Crippen LogP contribution in [0.1, 0.15) is 18.9 Å². The van der Waals surface area contributed by atoms with Gasteiger partial charge < -0.3 is 5.32 Å². The maximum absolute atomic E-state index is 12.9. The van der Waals surface area contributed by atoms with E-state index in [2.05, 4.69) is 15.5 Å². The third kappa shape index (κ3) is 4.20. The third-order valence-electron chi connectivity index (χ3n) is 4.73. The van der Waals surface area contributed by atoms with Gasteiger partial charge in [0.05, 0.1) is 22.2 Å². The third-order valence-corrected chi connectivity index (χ3v) is 5.66. The average Bonchev–Trinajstić information content (AvgIpc) is 3.19. The van der Waals surface area contributed by atoms with Crippen molar-refractivity contribution in [3.8, 4) is 0 Å². The van der Waals surface area contributed by atoms with Crippen LogP contribution in [0.3, 0.4) is 0 Å². The molecule has 0 bridgehead atoms. The minimum Gasteiger partial charge on any atom is -0.325 e. The Kier molecular flexibility index (Phi) is 5.92. The second-order valence-electron chi connectivity index (χ2n) is 7.01. The average molecular weight is 461 g/mol. The van der Waals surface area contributed by atoms with Gasteiger partial charge in [0.2, 0.25) is 11.7 Å². The molecule has 4 aromatic rings. The zero-order valence-electron chi connectivity index (χ0n) is 16.9. The van der Waals surface area contributed by atoms with E-state index in [-0.39, 0.29) is 17.0 Å². The predicted octanol–water partition coefficient (Wildman–Crippen LogP) is 4.20. The highest BCUT2D eigenvalue weighted by molar-refractivity contribution is 7.99. The summed E-state index contributed by atoms with van der Waals surface area (Å²) < 4.78 is 41.9. The molecule has 2 heterocycles. The number of fused-ring (bicyclic) bond motifs is 3. The summed E-state index contributed by atoms with van der Waals surface area (Å²) in [5.74, 6) is -0.216. The van der Waals surface area contributed by atoms with Crippen LogP contribution in [0.5, 0.6) is 0 Å². The van der Waals surface area contributed by atoms with Crippen molar-refractivity contribution in [2.24, 2.45) is 0 Å². The Morgan fingerprint density at radius 2 is 1.91 bits per heavy atom. The monoisotopic (exact) mass is 461 g/mol. The van der Waals surface area contributed by atoms with Gasteiger partial charge in [0.1, 0.15) is 0 Å². The molecule has 0 saturated heterocycles. The number of para-hydroxylation sites is 1. The molecule has 1 amide bonds. The Balaban J connectivity index is 1.60. The van der Waals surface area contributed by atoms with Crippen LogP contribution in [0.4, 0.5) is 18.9 Å². The molecule has 11 heteroatoms. The first kappa shape index (κ1) is 21.9. The smallest absolute Gasteiger partial charge is 0.325 e. The van der Waals surface area contributed by atoms with Crippen molar-refractivity contribution >= 4 is 40.0 Å². The molecule has 32 heavy (non-hydrogen) atoms. The van der Waals surface area contributed by atoms with E-state index in [0.29, 0.717) is 28.4 Å². The van der Waals surface area contributed by atoms with Crippen molar-refractivity contribution in [3.05, 3.63) is 64.4 Å². The van der Waals surface area contributed by atoms with Crippen LogP contribution >= 0.6 is 11.8 Å². The van der Waals surface area contributed by atoms with E-state index < -0.39 is 17.6 Å². The van der Waals surface area contributed by atoms with Crippen LogP contribution in [0.2, 0.25) is 0 Å². The van der Waals surface area contributed by atoms with Gasteiger partial charge in [0, 0.05) is 12.2 Å². The summed E-state index contributed by atoms with van der Waals surface area (Å²) in [4.78, 5) is 25.2. The summed E-state index contributed by atoms with van der Waals surface area (Å²) in [5, 5.41) is 11.7. The number of halogens is 3. The molecule has 0 aliphatic heterocycles. The number of hydrogen-bond donors (Lipinski definition) is 1. The quantitative estimate of drug-likeness (QED) is 0.435. The molecule has 0 aliphatic rings. The molecule has 0 unspecified atom stereocenters. The summed E-state index contributed by atoms with van der Waals surface area (Å²) in [6.07, 6.45) is -3.77. The zero-order valence-corrected chi connectivity index (χ0v) is 17.7.